The second-order valence-electron chi connectivity index (χ2n) is 13.2. The topological polar surface area (TPSA) is 333 Å². The van der Waals surface area contributed by atoms with Crippen molar-refractivity contribution in [3.63, 3.8) is 0 Å². The van der Waals surface area contributed by atoms with Crippen molar-refractivity contribution in [1.82, 2.24) is 21.3 Å². The molecule has 0 fully saturated rings. The largest absolute Gasteiger partial charge is 0.496 e. The van der Waals surface area contributed by atoms with E-state index in [1.165, 1.54) is 101 Å². The SMILES string of the molecule is COc1ccc(NC(=O)CNC(=O)c2cc(NC(=O)CNC(=O)c3cc(NC(=O)CNC(=O)c4cc(NC(=O)CN)ccc4OC)ccc3OC)ccc2OC)cc1C(=O)NCC(=O)O. The van der Waals surface area contributed by atoms with Gasteiger partial charge in [0.15, 0.2) is 0 Å². The quantitative estimate of drug-likeness (QED) is 0.0546. The molecule has 8 amide bonds. The van der Waals surface area contributed by atoms with Gasteiger partial charge >= 0.3 is 5.97 Å². The van der Waals surface area contributed by atoms with Gasteiger partial charge in [0.2, 0.25) is 23.6 Å². The number of methoxy groups -OCH3 is 4. The lowest BCUT2D eigenvalue weighted by atomic mass is 10.1. The van der Waals surface area contributed by atoms with Crippen LogP contribution in [0.4, 0.5) is 22.7 Å². The highest BCUT2D eigenvalue weighted by Gasteiger charge is 2.20. The van der Waals surface area contributed by atoms with Gasteiger partial charge in [-0.1, -0.05) is 0 Å². The molecule has 0 aliphatic rings. The number of hydrogen-bond donors (Lipinski definition) is 10. The van der Waals surface area contributed by atoms with E-state index in [-0.39, 0.29) is 74.5 Å². The molecule has 0 radical (unpaired) electrons. The average Bonchev–Trinajstić information content (AvgIpc) is 3.30. The van der Waals surface area contributed by atoms with Crippen LogP contribution in [0.3, 0.4) is 0 Å². The van der Waals surface area contributed by atoms with Gasteiger partial charge in [0.25, 0.3) is 23.6 Å². The molecule has 0 saturated heterocycles. The van der Waals surface area contributed by atoms with E-state index in [0.29, 0.717) is 0 Å². The van der Waals surface area contributed by atoms with Crippen LogP contribution in [0.1, 0.15) is 41.4 Å². The number of anilines is 4. The standard InChI is InChI=1S/C42H45N9O14/c1-62-30-9-5-22(48-34(52)17-43)13-26(30)39(58)44-18-35(53)49-23-6-10-31(63-2)27(14-23)40(59)45-19-36(54)50-24-7-11-32(64-3)28(15-24)41(60)46-20-37(55)51-25-8-12-33(65-4)29(16-25)42(61)47-21-38(56)57/h5-16H,17-21,43H2,1-4H3,(H,44,58)(H,45,59)(H,46,60)(H,47,61)(H,48,52)(H,49,53)(H,50,54)(H,51,55)(H,56,57). The van der Waals surface area contributed by atoms with Crippen molar-refractivity contribution in [2.75, 3.05) is 82.4 Å². The van der Waals surface area contributed by atoms with Crippen LogP contribution in [0.2, 0.25) is 0 Å². The number of amides is 8. The molecule has 0 saturated carbocycles. The number of nitrogens with one attached hydrogen (secondary N) is 8. The fourth-order valence-electron chi connectivity index (χ4n) is 5.70. The summed E-state index contributed by atoms with van der Waals surface area (Å²) in [6.07, 6.45) is 0. The first-order valence-electron chi connectivity index (χ1n) is 19.1. The zero-order valence-corrected chi connectivity index (χ0v) is 35.3. The van der Waals surface area contributed by atoms with Crippen molar-refractivity contribution in [2.24, 2.45) is 5.73 Å². The molecule has 4 aromatic carbocycles. The number of carbonyl (C=O) groups excluding carboxylic acids is 8. The molecule has 0 aliphatic carbocycles. The fraction of sp³-hybridized carbons (Fsp3) is 0.214. The molecule has 4 aromatic rings. The summed E-state index contributed by atoms with van der Waals surface area (Å²) in [5, 5.41) is 28.6. The van der Waals surface area contributed by atoms with Gasteiger partial charge in [-0.2, -0.15) is 0 Å². The highest BCUT2D eigenvalue weighted by Crippen LogP contribution is 2.26. The van der Waals surface area contributed by atoms with Gasteiger partial charge in [-0.3, -0.25) is 43.2 Å². The highest BCUT2D eigenvalue weighted by atomic mass is 16.5. The summed E-state index contributed by atoms with van der Waals surface area (Å²) in [4.78, 5) is 113. The number of rotatable bonds is 21. The van der Waals surface area contributed by atoms with Crippen molar-refractivity contribution in [3.8, 4) is 23.0 Å². The Bertz CT molecular complexity index is 2490. The maximum absolute atomic E-state index is 13.2. The molecule has 11 N–H and O–H groups in total. The lowest BCUT2D eigenvalue weighted by Crippen LogP contribution is -2.34. The molecule has 65 heavy (non-hydrogen) atoms. The zero-order chi connectivity index (χ0) is 47.6. The smallest absolute Gasteiger partial charge is 0.322 e. The van der Waals surface area contributed by atoms with E-state index in [9.17, 15) is 43.2 Å². The maximum Gasteiger partial charge on any atom is 0.322 e. The predicted molar refractivity (Wildman–Crippen MR) is 233 cm³/mol. The monoisotopic (exact) mass is 899 g/mol. The average molecular weight is 900 g/mol. The summed E-state index contributed by atoms with van der Waals surface area (Å²) in [5.41, 5.74) is 5.93. The van der Waals surface area contributed by atoms with E-state index < -0.39 is 79.4 Å². The molecular formula is C42H45N9O14. The van der Waals surface area contributed by atoms with Crippen molar-refractivity contribution in [1.29, 1.82) is 0 Å². The second-order valence-corrected chi connectivity index (χ2v) is 13.2. The van der Waals surface area contributed by atoms with Crippen LogP contribution in [-0.2, 0) is 24.0 Å². The van der Waals surface area contributed by atoms with Crippen LogP contribution in [0, 0.1) is 0 Å². The lowest BCUT2D eigenvalue weighted by Gasteiger charge is -2.14. The van der Waals surface area contributed by atoms with Crippen LogP contribution < -0.4 is 67.2 Å². The van der Waals surface area contributed by atoms with Gasteiger partial charge in [-0.25, -0.2) is 0 Å². The van der Waals surface area contributed by atoms with E-state index in [1.807, 2.05) is 0 Å². The zero-order valence-electron chi connectivity index (χ0n) is 35.3. The molecule has 0 aromatic heterocycles. The Labute approximate surface area is 370 Å². The van der Waals surface area contributed by atoms with Crippen molar-refractivity contribution in [2.45, 2.75) is 0 Å². The van der Waals surface area contributed by atoms with Crippen LogP contribution >= 0.6 is 0 Å². The van der Waals surface area contributed by atoms with Gasteiger partial charge < -0.3 is 72.3 Å². The van der Waals surface area contributed by atoms with Crippen molar-refractivity contribution in [3.05, 3.63) is 95.1 Å². The Hall–Kier alpha value is -8.73. The summed E-state index contributed by atoms with van der Waals surface area (Å²) in [6, 6.07) is 16.7. The van der Waals surface area contributed by atoms with Crippen LogP contribution in [-0.4, -0.2) is 119 Å². The third kappa shape index (κ3) is 14.2. The molecule has 0 bridgehead atoms. The molecule has 0 unspecified atom stereocenters. The number of hydrogen-bond acceptors (Lipinski definition) is 14. The van der Waals surface area contributed by atoms with Crippen LogP contribution in [0.25, 0.3) is 0 Å². The molecule has 23 heteroatoms. The molecule has 0 heterocycles. The minimum Gasteiger partial charge on any atom is -0.496 e. The Morgan fingerprint density at radius 1 is 0.415 bits per heavy atom. The Morgan fingerprint density at radius 2 is 0.662 bits per heavy atom. The summed E-state index contributed by atoms with van der Waals surface area (Å²) in [5.74, 6) is -6.24. The second kappa shape index (κ2) is 23.5. The molecule has 0 aliphatic heterocycles. The summed E-state index contributed by atoms with van der Waals surface area (Å²) >= 11 is 0. The van der Waals surface area contributed by atoms with E-state index in [4.69, 9.17) is 29.8 Å². The third-order valence-corrected chi connectivity index (χ3v) is 8.73. The van der Waals surface area contributed by atoms with E-state index in [1.54, 1.807) is 0 Å². The molecule has 0 atom stereocenters. The first kappa shape index (κ1) is 48.9. The number of carboxylic acid groups (broad SMARTS) is 1. The van der Waals surface area contributed by atoms with Gasteiger partial charge in [0, 0.05) is 22.7 Å². The maximum atomic E-state index is 13.2. The number of carboxylic acids is 1. The minimum absolute atomic E-state index is 0.0357. The van der Waals surface area contributed by atoms with Gasteiger partial charge in [-0.05, 0) is 72.8 Å². The third-order valence-electron chi connectivity index (χ3n) is 8.73. The Kier molecular flexibility index (Phi) is 17.7. The lowest BCUT2D eigenvalue weighted by molar-refractivity contribution is -0.135. The molecule has 342 valence electrons. The van der Waals surface area contributed by atoms with Crippen molar-refractivity contribution >= 4 is 76.0 Å². The first-order chi connectivity index (χ1) is 31.1. The number of aliphatic carboxylic acids is 1. The molecule has 0 spiro atoms. The highest BCUT2D eigenvalue weighted by molar-refractivity contribution is 6.06. The summed E-state index contributed by atoms with van der Waals surface area (Å²) in [7, 11) is 5.27. The normalized spacial score (nSPS) is 10.2. The van der Waals surface area contributed by atoms with E-state index in [0.717, 1.165) is 0 Å². The molecule has 4 rings (SSSR count). The summed E-state index contributed by atoms with van der Waals surface area (Å²) < 4.78 is 20.9. The first-order valence-corrected chi connectivity index (χ1v) is 19.1. The van der Waals surface area contributed by atoms with Crippen LogP contribution in [0.5, 0.6) is 23.0 Å². The van der Waals surface area contributed by atoms with E-state index in [2.05, 4.69) is 42.5 Å². The molecular weight excluding hydrogens is 855 g/mol. The summed E-state index contributed by atoms with van der Waals surface area (Å²) in [6.45, 7) is -2.50. The fourth-order valence-corrected chi connectivity index (χ4v) is 5.70. The van der Waals surface area contributed by atoms with E-state index >= 15 is 0 Å². The van der Waals surface area contributed by atoms with Gasteiger partial charge in [0.05, 0.1) is 76.9 Å². The Morgan fingerprint density at radius 3 is 0.892 bits per heavy atom. The van der Waals surface area contributed by atoms with Crippen LogP contribution in [0.15, 0.2) is 72.8 Å². The van der Waals surface area contributed by atoms with Gasteiger partial charge in [0.1, 0.15) is 29.5 Å². The Balaban J connectivity index is 1.32. The van der Waals surface area contributed by atoms with Gasteiger partial charge in [-0.15, -0.1) is 0 Å². The number of ether oxygens (including phenoxy) is 4. The predicted octanol–water partition coefficient (Wildman–Crippen LogP) is 0.538. The number of carbonyl (C=O) groups is 9. The number of nitrogens with two attached hydrogens (primary N) is 1. The molecule has 23 nitrogen and oxygen atoms in total. The number of benzene rings is 4. The minimum atomic E-state index is -1.26. The van der Waals surface area contributed by atoms with Crippen molar-refractivity contribution < 1.29 is 67.2 Å².